The Labute approximate surface area is 276 Å². The molecule has 3 heterocycles. The minimum atomic E-state index is -4.80. The van der Waals surface area contributed by atoms with Crippen LogP contribution in [0, 0.1) is 13.8 Å². The number of carbonyl (C=O) groups excluding carboxylic acids is 4. The number of aryl methyl sites for hydroxylation is 2. The first-order chi connectivity index (χ1) is 23.4. The van der Waals surface area contributed by atoms with Gasteiger partial charge in [-0.15, -0.1) is 0 Å². The Morgan fingerprint density at radius 2 is 1.73 bits per heavy atom. The van der Waals surface area contributed by atoms with Gasteiger partial charge in [-0.1, -0.05) is 11.2 Å². The van der Waals surface area contributed by atoms with Gasteiger partial charge in [-0.05, 0) is 68.3 Å². The van der Waals surface area contributed by atoms with Crippen LogP contribution in [0.5, 0.6) is 5.75 Å². The molecule has 49 heavy (non-hydrogen) atoms. The van der Waals surface area contributed by atoms with Crippen LogP contribution in [0.4, 0.5) is 22.1 Å². The number of anilines is 3. The Morgan fingerprint density at radius 3 is 2.41 bits per heavy atom. The van der Waals surface area contributed by atoms with E-state index in [1.54, 1.807) is 26.8 Å². The Kier molecular flexibility index (Phi) is 10.0. The molecule has 0 radical (unpaired) electrons. The van der Waals surface area contributed by atoms with E-state index >= 15 is 0 Å². The molecule has 254 valence electrons. The highest BCUT2D eigenvalue weighted by Gasteiger charge is 2.29. The maximum atomic E-state index is 13.9. The third-order valence-corrected chi connectivity index (χ3v) is 7.31. The Morgan fingerprint density at radius 1 is 1.00 bits per heavy atom. The molecule has 3 aromatic heterocycles. The van der Waals surface area contributed by atoms with Crippen molar-refractivity contribution in [2.75, 3.05) is 23.6 Å². The molecule has 0 unspecified atom stereocenters. The molecule has 0 spiro atoms. The van der Waals surface area contributed by atoms with Gasteiger partial charge in [-0.3, -0.25) is 19.4 Å². The molecule has 0 aliphatic rings. The minimum absolute atomic E-state index is 0.0165. The van der Waals surface area contributed by atoms with Gasteiger partial charge in [0.25, 0.3) is 11.8 Å². The maximum Gasteiger partial charge on any atom is 0.524 e. The molecule has 5 aromatic rings. The molecule has 0 fully saturated rings. The van der Waals surface area contributed by atoms with E-state index in [2.05, 4.69) is 30.4 Å². The molecular formula is C30H28N7O11P. The second-order valence-electron chi connectivity index (χ2n) is 10.1. The molecule has 0 aliphatic carbocycles. The minimum Gasteiger partial charge on any atom is -0.424 e. The number of amides is 3. The first-order valence-electron chi connectivity index (χ1n) is 14.3. The van der Waals surface area contributed by atoms with E-state index in [0.717, 1.165) is 17.0 Å². The Balaban J connectivity index is 1.47. The maximum absolute atomic E-state index is 13.9. The van der Waals surface area contributed by atoms with Crippen LogP contribution in [0.1, 0.15) is 49.1 Å². The molecular weight excluding hydrogens is 665 g/mol. The van der Waals surface area contributed by atoms with Crippen LogP contribution < -0.4 is 20.1 Å². The second kappa shape index (κ2) is 14.3. The van der Waals surface area contributed by atoms with Gasteiger partial charge in [0, 0.05) is 24.4 Å². The quantitative estimate of drug-likeness (QED) is 0.0872. The van der Waals surface area contributed by atoms with Gasteiger partial charge in [0.2, 0.25) is 6.79 Å². The summed E-state index contributed by atoms with van der Waals surface area (Å²) in [5, 5.41) is 13.2. The van der Waals surface area contributed by atoms with Gasteiger partial charge in [0.1, 0.15) is 23.9 Å². The van der Waals surface area contributed by atoms with Gasteiger partial charge in [-0.2, -0.15) is 5.10 Å². The summed E-state index contributed by atoms with van der Waals surface area (Å²) in [6, 6.07) is 10.7. The van der Waals surface area contributed by atoms with Gasteiger partial charge < -0.3 is 29.2 Å². The van der Waals surface area contributed by atoms with E-state index in [0.29, 0.717) is 17.7 Å². The third kappa shape index (κ3) is 7.90. The Hall–Kier alpha value is -6.10. The highest BCUT2D eigenvalue weighted by atomic mass is 31.2. The molecule has 5 rings (SSSR count). The highest BCUT2D eigenvalue weighted by Crippen LogP contribution is 2.37. The normalized spacial score (nSPS) is 11.1. The molecule has 0 bridgehead atoms. The lowest BCUT2D eigenvalue weighted by atomic mass is 10.1. The second-order valence-corrected chi connectivity index (χ2v) is 11.3. The SMILES string of the molecule is CCNC(=O)c1cn2ncnc(N(C(=O)OCOC(=O)c3ccc(OP(=O)(O)O)cc3)c3cc(C(=O)Nc4ccon4)ccc3C)c2c1C. The van der Waals surface area contributed by atoms with Crippen LogP contribution in [0.25, 0.3) is 5.52 Å². The molecule has 0 aliphatic heterocycles. The number of nitrogens with one attached hydrogen (secondary N) is 2. The molecule has 4 N–H and O–H groups in total. The van der Waals surface area contributed by atoms with E-state index in [-0.39, 0.29) is 51.2 Å². The number of phosphoric ester groups is 1. The van der Waals surface area contributed by atoms with Crippen molar-refractivity contribution >= 4 is 54.5 Å². The summed E-state index contributed by atoms with van der Waals surface area (Å²) in [4.78, 5) is 75.7. The zero-order valence-corrected chi connectivity index (χ0v) is 26.9. The number of carbonyl (C=O) groups is 4. The molecule has 18 nitrogen and oxygen atoms in total. The van der Waals surface area contributed by atoms with Crippen LogP contribution in [-0.4, -0.2) is 66.8 Å². The van der Waals surface area contributed by atoms with Crippen LogP contribution in [0.15, 0.2) is 71.8 Å². The topological polar surface area (TPSA) is 237 Å². The summed E-state index contributed by atoms with van der Waals surface area (Å²) < 4.78 is 32.1. The van der Waals surface area contributed by atoms with Crippen molar-refractivity contribution in [1.82, 2.24) is 25.1 Å². The lowest BCUT2D eigenvalue weighted by Crippen LogP contribution is -2.30. The van der Waals surface area contributed by atoms with Crippen molar-refractivity contribution in [3.63, 3.8) is 0 Å². The van der Waals surface area contributed by atoms with Crippen molar-refractivity contribution in [2.45, 2.75) is 20.8 Å². The average Bonchev–Trinajstić information content (AvgIpc) is 3.69. The third-order valence-electron chi connectivity index (χ3n) is 6.86. The summed E-state index contributed by atoms with van der Waals surface area (Å²) in [6.07, 6.45) is 2.86. The fraction of sp³-hybridized carbons (Fsp3) is 0.167. The van der Waals surface area contributed by atoms with E-state index in [1.807, 2.05) is 0 Å². The monoisotopic (exact) mass is 693 g/mol. The smallest absolute Gasteiger partial charge is 0.424 e. The number of phosphoric acid groups is 1. The fourth-order valence-electron chi connectivity index (χ4n) is 4.62. The van der Waals surface area contributed by atoms with Gasteiger partial charge in [-0.25, -0.2) is 28.6 Å². The number of fused-ring (bicyclic) bond motifs is 1. The molecule has 0 saturated heterocycles. The first kappa shape index (κ1) is 34.2. The zero-order valence-electron chi connectivity index (χ0n) is 26.0. The van der Waals surface area contributed by atoms with Crippen molar-refractivity contribution in [2.24, 2.45) is 0 Å². The highest BCUT2D eigenvalue weighted by molar-refractivity contribution is 7.46. The lowest BCUT2D eigenvalue weighted by molar-refractivity contribution is -0.0000780. The standard InChI is InChI=1S/C30H28N7O11P/c1-4-31-28(39)22-14-36-25(18(22)3)26(32-15-33-36)37(23-13-20(6-5-17(23)2)27(38)34-24-11-12-47-35-24)30(41)46-16-45-29(40)19-7-9-21(10-8-19)48-49(42,43)44/h5-15H,4,16H2,1-3H3,(H,31,39)(H,34,35,38)(H2,42,43,44). The summed E-state index contributed by atoms with van der Waals surface area (Å²) in [7, 11) is -4.80. The summed E-state index contributed by atoms with van der Waals surface area (Å²) in [5.41, 5.74) is 1.74. The zero-order chi connectivity index (χ0) is 35.3. The number of ether oxygens (including phenoxy) is 2. The van der Waals surface area contributed by atoms with Gasteiger partial charge in [0.15, 0.2) is 11.6 Å². The lowest BCUT2D eigenvalue weighted by Gasteiger charge is -2.24. The van der Waals surface area contributed by atoms with E-state index < -0.39 is 32.6 Å². The summed E-state index contributed by atoms with van der Waals surface area (Å²) in [5.74, 6) is -1.92. The largest absolute Gasteiger partial charge is 0.524 e. The van der Waals surface area contributed by atoms with Crippen LogP contribution >= 0.6 is 7.82 Å². The van der Waals surface area contributed by atoms with Crippen LogP contribution in [0.3, 0.4) is 0 Å². The van der Waals surface area contributed by atoms with E-state index in [9.17, 15) is 23.7 Å². The number of rotatable bonds is 11. The molecule has 2 aromatic carbocycles. The van der Waals surface area contributed by atoms with Crippen LogP contribution in [-0.2, 0) is 14.0 Å². The fourth-order valence-corrected chi connectivity index (χ4v) is 5.01. The number of nitrogens with zero attached hydrogens (tertiary/aromatic N) is 5. The summed E-state index contributed by atoms with van der Waals surface area (Å²) >= 11 is 0. The number of hydrogen-bond donors (Lipinski definition) is 4. The van der Waals surface area contributed by atoms with Crippen molar-refractivity contribution in [3.05, 3.63) is 95.1 Å². The molecule has 3 amide bonds. The molecule has 0 atom stereocenters. The van der Waals surface area contributed by atoms with Crippen LogP contribution in [0.2, 0.25) is 0 Å². The number of aromatic nitrogens is 4. The number of hydrogen-bond acceptors (Lipinski definition) is 12. The van der Waals surface area contributed by atoms with E-state index in [1.165, 1.54) is 53.6 Å². The number of esters is 1. The molecule has 19 heteroatoms. The predicted molar refractivity (Wildman–Crippen MR) is 169 cm³/mol. The van der Waals surface area contributed by atoms with Gasteiger partial charge in [0.05, 0.1) is 16.8 Å². The Bertz CT molecular complexity index is 2080. The van der Waals surface area contributed by atoms with Crippen molar-refractivity contribution in [1.29, 1.82) is 0 Å². The van der Waals surface area contributed by atoms with Gasteiger partial charge >= 0.3 is 19.9 Å². The average molecular weight is 694 g/mol. The number of benzene rings is 2. The first-order valence-corrected chi connectivity index (χ1v) is 15.8. The molecule has 0 saturated carbocycles. The van der Waals surface area contributed by atoms with Crippen molar-refractivity contribution in [3.8, 4) is 5.75 Å². The predicted octanol–water partition coefficient (Wildman–Crippen LogP) is 3.90. The van der Waals surface area contributed by atoms with E-state index in [4.69, 9.17) is 23.8 Å². The van der Waals surface area contributed by atoms with Crippen molar-refractivity contribution < 1.29 is 52.1 Å². The summed E-state index contributed by atoms with van der Waals surface area (Å²) in [6.45, 7) is 4.60.